The van der Waals surface area contributed by atoms with Gasteiger partial charge >= 0.3 is 0 Å². The molecule has 0 heterocycles. The maximum atomic E-state index is 12.3. The summed E-state index contributed by atoms with van der Waals surface area (Å²) in [5, 5.41) is 13.6. The minimum Gasteiger partial charge on any atom is -0.325 e. The Labute approximate surface area is 141 Å². The van der Waals surface area contributed by atoms with E-state index in [4.69, 9.17) is 0 Å². The van der Waals surface area contributed by atoms with Crippen LogP contribution in [0.2, 0.25) is 0 Å². The number of likely N-dealkylation sites (N-methyl/N-ethyl adjacent to an activating group) is 1. The SMILES string of the molecule is CCN(CC(=O)Nc1ccc([N+](=O)[O-])cc1C)Cc1ccccc1. The molecule has 0 spiro atoms. The summed E-state index contributed by atoms with van der Waals surface area (Å²) in [7, 11) is 0. The lowest BCUT2D eigenvalue weighted by molar-refractivity contribution is -0.384. The summed E-state index contributed by atoms with van der Waals surface area (Å²) in [4.78, 5) is 24.6. The Morgan fingerprint density at radius 1 is 1.21 bits per heavy atom. The average molecular weight is 327 g/mol. The van der Waals surface area contributed by atoms with Crippen LogP contribution in [0.3, 0.4) is 0 Å². The second-order valence-electron chi connectivity index (χ2n) is 5.59. The lowest BCUT2D eigenvalue weighted by Crippen LogP contribution is -2.32. The molecule has 0 aliphatic rings. The number of nitrogens with one attached hydrogen (secondary N) is 1. The van der Waals surface area contributed by atoms with Crippen LogP contribution in [0.5, 0.6) is 0 Å². The summed E-state index contributed by atoms with van der Waals surface area (Å²) >= 11 is 0. The summed E-state index contributed by atoms with van der Waals surface area (Å²) in [5.41, 5.74) is 2.44. The number of nitrogens with zero attached hydrogens (tertiary/aromatic N) is 2. The topological polar surface area (TPSA) is 75.5 Å². The van der Waals surface area contributed by atoms with E-state index in [1.54, 1.807) is 13.0 Å². The highest BCUT2D eigenvalue weighted by atomic mass is 16.6. The maximum absolute atomic E-state index is 12.3. The third-order valence-electron chi connectivity index (χ3n) is 3.76. The molecule has 1 amide bonds. The van der Waals surface area contributed by atoms with Gasteiger partial charge in [0.2, 0.25) is 5.91 Å². The van der Waals surface area contributed by atoms with Crippen LogP contribution in [0.25, 0.3) is 0 Å². The molecular weight excluding hydrogens is 306 g/mol. The van der Waals surface area contributed by atoms with Crippen molar-refractivity contribution >= 4 is 17.3 Å². The quantitative estimate of drug-likeness (QED) is 0.625. The Bertz CT molecular complexity index is 717. The van der Waals surface area contributed by atoms with Crippen molar-refractivity contribution in [1.29, 1.82) is 0 Å². The van der Waals surface area contributed by atoms with Crippen molar-refractivity contribution in [2.75, 3.05) is 18.4 Å². The van der Waals surface area contributed by atoms with Gasteiger partial charge in [-0.05, 0) is 30.7 Å². The van der Waals surface area contributed by atoms with Crippen molar-refractivity contribution in [3.63, 3.8) is 0 Å². The second kappa shape index (κ2) is 8.21. The van der Waals surface area contributed by atoms with Gasteiger partial charge in [0.1, 0.15) is 0 Å². The molecule has 0 aliphatic carbocycles. The van der Waals surface area contributed by atoms with Crippen LogP contribution in [0, 0.1) is 17.0 Å². The largest absolute Gasteiger partial charge is 0.325 e. The van der Waals surface area contributed by atoms with Crippen LogP contribution in [-0.2, 0) is 11.3 Å². The fourth-order valence-corrected chi connectivity index (χ4v) is 2.42. The van der Waals surface area contributed by atoms with Crippen molar-refractivity contribution in [2.45, 2.75) is 20.4 Å². The molecule has 0 saturated heterocycles. The van der Waals surface area contributed by atoms with E-state index in [0.717, 1.165) is 12.1 Å². The molecule has 0 aliphatic heterocycles. The van der Waals surface area contributed by atoms with Gasteiger partial charge in [-0.15, -0.1) is 0 Å². The molecule has 0 fully saturated rings. The molecule has 0 atom stereocenters. The van der Waals surface area contributed by atoms with Gasteiger partial charge in [0.05, 0.1) is 11.5 Å². The molecule has 0 radical (unpaired) electrons. The second-order valence-corrected chi connectivity index (χ2v) is 5.59. The zero-order chi connectivity index (χ0) is 17.5. The van der Waals surface area contributed by atoms with Crippen molar-refractivity contribution < 1.29 is 9.72 Å². The number of hydrogen-bond acceptors (Lipinski definition) is 4. The zero-order valence-electron chi connectivity index (χ0n) is 13.9. The monoisotopic (exact) mass is 327 g/mol. The smallest absolute Gasteiger partial charge is 0.269 e. The summed E-state index contributed by atoms with van der Waals surface area (Å²) < 4.78 is 0. The van der Waals surface area contributed by atoms with E-state index in [2.05, 4.69) is 5.32 Å². The molecule has 2 aromatic rings. The number of anilines is 1. The Morgan fingerprint density at radius 2 is 1.92 bits per heavy atom. The molecule has 6 heteroatoms. The molecule has 2 aromatic carbocycles. The van der Waals surface area contributed by atoms with Gasteiger partial charge in [0.25, 0.3) is 5.69 Å². The third kappa shape index (κ3) is 4.89. The van der Waals surface area contributed by atoms with Crippen LogP contribution in [0.1, 0.15) is 18.1 Å². The number of benzene rings is 2. The molecule has 24 heavy (non-hydrogen) atoms. The fourth-order valence-electron chi connectivity index (χ4n) is 2.42. The highest BCUT2D eigenvalue weighted by Gasteiger charge is 2.13. The first-order valence-corrected chi connectivity index (χ1v) is 7.80. The number of aryl methyl sites for hydroxylation is 1. The Morgan fingerprint density at radius 3 is 2.50 bits per heavy atom. The van der Waals surface area contributed by atoms with Crippen molar-refractivity contribution in [1.82, 2.24) is 4.90 Å². The molecule has 0 unspecified atom stereocenters. The number of carbonyl (C=O) groups excluding carboxylic acids is 1. The molecule has 126 valence electrons. The molecule has 2 rings (SSSR count). The van der Waals surface area contributed by atoms with E-state index < -0.39 is 4.92 Å². The van der Waals surface area contributed by atoms with Gasteiger partial charge in [-0.1, -0.05) is 37.3 Å². The third-order valence-corrected chi connectivity index (χ3v) is 3.76. The first kappa shape index (κ1) is 17.6. The first-order valence-electron chi connectivity index (χ1n) is 7.80. The standard InChI is InChI=1S/C18H21N3O3/c1-3-20(12-15-7-5-4-6-8-15)13-18(22)19-17-10-9-16(21(23)24)11-14(17)2/h4-11H,3,12-13H2,1-2H3,(H,19,22). The number of carbonyl (C=O) groups is 1. The van der Waals surface area contributed by atoms with E-state index in [9.17, 15) is 14.9 Å². The number of nitro groups is 1. The highest BCUT2D eigenvalue weighted by molar-refractivity contribution is 5.93. The molecule has 0 bridgehead atoms. The van der Waals surface area contributed by atoms with E-state index in [0.29, 0.717) is 17.8 Å². The summed E-state index contributed by atoms with van der Waals surface area (Å²) in [6.45, 7) is 5.46. The minimum absolute atomic E-state index is 0.0183. The fraction of sp³-hybridized carbons (Fsp3) is 0.278. The van der Waals surface area contributed by atoms with E-state index in [1.807, 2.05) is 42.2 Å². The molecular formula is C18H21N3O3. The Hall–Kier alpha value is -2.73. The zero-order valence-corrected chi connectivity index (χ0v) is 13.9. The van der Waals surface area contributed by atoms with Crippen LogP contribution in [-0.4, -0.2) is 28.8 Å². The lowest BCUT2D eigenvalue weighted by Gasteiger charge is -2.20. The first-order chi connectivity index (χ1) is 11.5. The highest BCUT2D eigenvalue weighted by Crippen LogP contribution is 2.21. The Balaban J connectivity index is 1.97. The van der Waals surface area contributed by atoms with Crippen molar-refractivity contribution in [3.8, 4) is 0 Å². The number of rotatable bonds is 7. The Kier molecular flexibility index (Phi) is 6.03. The molecule has 6 nitrogen and oxygen atoms in total. The lowest BCUT2D eigenvalue weighted by atomic mass is 10.1. The number of non-ortho nitro benzene ring substituents is 1. The number of nitro benzene ring substituents is 1. The van der Waals surface area contributed by atoms with E-state index in [-0.39, 0.29) is 18.1 Å². The van der Waals surface area contributed by atoms with Crippen molar-refractivity contribution in [2.24, 2.45) is 0 Å². The van der Waals surface area contributed by atoms with Gasteiger partial charge in [-0.25, -0.2) is 0 Å². The van der Waals surface area contributed by atoms with Crippen LogP contribution < -0.4 is 5.32 Å². The van der Waals surface area contributed by atoms with Crippen molar-refractivity contribution in [3.05, 3.63) is 69.8 Å². The van der Waals surface area contributed by atoms with Gasteiger partial charge in [0, 0.05) is 24.4 Å². The van der Waals surface area contributed by atoms with Gasteiger partial charge in [-0.3, -0.25) is 19.8 Å². The van der Waals surface area contributed by atoms with Crippen LogP contribution in [0.4, 0.5) is 11.4 Å². The predicted octanol–water partition coefficient (Wildman–Crippen LogP) is 3.36. The minimum atomic E-state index is -0.447. The molecule has 0 saturated carbocycles. The van der Waals surface area contributed by atoms with E-state index in [1.165, 1.54) is 12.1 Å². The maximum Gasteiger partial charge on any atom is 0.269 e. The molecule has 0 aromatic heterocycles. The van der Waals surface area contributed by atoms with Gasteiger partial charge in [0.15, 0.2) is 0 Å². The normalized spacial score (nSPS) is 10.6. The van der Waals surface area contributed by atoms with Gasteiger partial charge < -0.3 is 5.32 Å². The van der Waals surface area contributed by atoms with Crippen LogP contribution in [0.15, 0.2) is 48.5 Å². The summed E-state index contributed by atoms with van der Waals surface area (Å²) in [5.74, 6) is -0.135. The van der Waals surface area contributed by atoms with E-state index >= 15 is 0 Å². The molecule has 1 N–H and O–H groups in total. The van der Waals surface area contributed by atoms with Gasteiger partial charge in [-0.2, -0.15) is 0 Å². The number of amides is 1. The van der Waals surface area contributed by atoms with Crippen LogP contribution >= 0.6 is 0 Å². The summed E-state index contributed by atoms with van der Waals surface area (Å²) in [6.07, 6.45) is 0. The average Bonchev–Trinajstić information content (AvgIpc) is 2.56. The summed E-state index contributed by atoms with van der Waals surface area (Å²) in [6, 6.07) is 14.4. The predicted molar refractivity (Wildman–Crippen MR) is 93.9 cm³/mol. The number of hydrogen-bond donors (Lipinski definition) is 1.